The number of nitrogens with one attached hydrogen (secondary N) is 1. The summed E-state index contributed by atoms with van der Waals surface area (Å²) in [7, 11) is 1.06. The maximum Gasteiger partial charge on any atom is 0.199 e. The molecule has 0 spiro atoms. The fourth-order valence-corrected chi connectivity index (χ4v) is 2.71. The molecule has 0 radical (unpaired) electrons. The minimum Gasteiger partial charge on any atom is -0.497 e. The normalized spacial score (nSPS) is 10.9. The molecule has 0 fully saturated rings. The van der Waals surface area contributed by atoms with Crippen molar-refractivity contribution < 1.29 is 19.3 Å². The molecule has 7 nitrogen and oxygen atoms in total. The number of hydrogen-bond acceptors (Lipinski definition) is 7. The van der Waals surface area contributed by atoms with E-state index in [2.05, 4.69) is 15.3 Å². The summed E-state index contributed by atoms with van der Waals surface area (Å²) in [6.45, 7) is 0. The van der Waals surface area contributed by atoms with Gasteiger partial charge in [-0.25, -0.2) is 9.97 Å². The Bertz CT molecular complexity index is 856. The summed E-state index contributed by atoms with van der Waals surface area (Å²) in [5.41, 5.74) is 1.43. The van der Waals surface area contributed by atoms with Crippen LogP contribution in [0.5, 0.6) is 11.5 Å². The van der Waals surface area contributed by atoms with Gasteiger partial charge in [0.05, 0.1) is 19.6 Å². The summed E-state index contributed by atoms with van der Waals surface area (Å²) in [6.07, 6.45) is 1.45. The lowest BCUT2D eigenvalue weighted by Crippen LogP contribution is -2.01. The average Bonchev–Trinajstić information content (AvgIpc) is 2.61. The molecule has 3 rings (SSSR count). The smallest absolute Gasteiger partial charge is 0.199 e. The quantitative estimate of drug-likeness (QED) is 0.611. The van der Waals surface area contributed by atoms with Crippen molar-refractivity contribution >= 4 is 36.1 Å². The van der Waals surface area contributed by atoms with Gasteiger partial charge < -0.3 is 24.6 Å². The standard InChI is InChI=1S/C16H16N3O4P/c1-22-11-7-13-15(14(8-11)23-2)17-9-18-16(13)19-10-3-5-12(6-4-10)24(20)21/h3-9,20-21H,1-2H3,(H,17,18,19). The molecular formula is C16H16N3O4P. The van der Waals surface area contributed by atoms with E-state index >= 15 is 0 Å². The van der Waals surface area contributed by atoms with Crippen molar-refractivity contribution in [1.29, 1.82) is 0 Å². The van der Waals surface area contributed by atoms with Crippen LogP contribution < -0.4 is 20.1 Å². The van der Waals surface area contributed by atoms with Gasteiger partial charge in [0.15, 0.2) is 8.38 Å². The minimum absolute atomic E-state index is 0.478. The van der Waals surface area contributed by atoms with Gasteiger partial charge in [0.2, 0.25) is 0 Å². The zero-order valence-corrected chi connectivity index (χ0v) is 14.0. The van der Waals surface area contributed by atoms with Gasteiger partial charge in [0.1, 0.15) is 29.2 Å². The second-order valence-corrected chi connectivity index (χ2v) is 6.00. The number of hydrogen-bond donors (Lipinski definition) is 3. The number of methoxy groups -OCH3 is 2. The van der Waals surface area contributed by atoms with E-state index in [9.17, 15) is 9.79 Å². The Hall–Kier alpha value is -2.47. The predicted molar refractivity (Wildman–Crippen MR) is 93.4 cm³/mol. The van der Waals surface area contributed by atoms with Crippen molar-refractivity contribution in [3.8, 4) is 11.5 Å². The Kier molecular flexibility index (Phi) is 4.76. The molecule has 0 aliphatic carbocycles. The molecule has 0 atom stereocenters. The van der Waals surface area contributed by atoms with Gasteiger partial charge in [-0.3, -0.25) is 0 Å². The highest BCUT2D eigenvalue weighted by molar-refractivity contribution is 7.54. The van der Waals surface area contributed by atoms with E-state index in [0.29, 0.717) is 28.1 Å². The largest absolute Gasteiger partial charge is 0.497 e. The molecule has 0 bridgehead atoms. The number of anilines is 2. The molecule has 0 aliphatic heterocycles. The molecule has 3 aromatic rings. The Morgan fingerprint density at radius 1 is 1.00 bits per heavy atom. The third kappa shape index (κ3) is 3.23. The van der Waals surface area contributed by atoms with E-state index in [-0.39, 0.29) is 0 Å². The van der Waals surface area contributed by atoms with Crippen LogP contribution in [0.25, 0.3) is 10.9 Å². The van der Waals surface area contributed by atoms with Crippen LogP contribution in [0.4, 0.5) is 11.5 Å². The summed E-state index contributed by atoms with van der Waals surface area (Å²) in [6, 6.07) is 10.4. The fraction of sp³-hybridized carbons (Fsp3) is 0.125. The van der Waals surface area contributed by atoms with Crippen molar-refractivity contribution in [3.05, 3.63) is 42.7 Å². The monoisotopic (exact) mass is 345 g/mol. The Balaban J connectivity index is 2.02. The number of nitrogens with zero attached hydrogens (tertiary/aromatic N) is 2. The predicted octanol–water partition coefficient (Wildman–Crippen LogP) is 2.31. The molecule has 1 aromatic heterocycles. The molecule has 124 valence electrons. The fourth-order valence-electron chi connectivity index (χ4n) is 2.30. The van der Waals surface area contributed by atoms with E-state index in [1.54, 1.807) is 44.6 Å². The van der Waals surface area contributed by atoms with Crippen LogP contribution in [0.15, 0.2) is 42.7 Å². The second-order valence-electron chi connectivity index (χ2n) is 4.91. The average molecular weight is 345 g/mol. The summed E-state index contributed by atoms with van der Waals surface area (Å²) in [4.78, 5) is 27.0. The van der Waals surface area contributed by atoms with E-state index in [1.807, 2.05) is 6.07 Å². The van der Waals surface area contributed by atoms with Crippen LogP contribution in [-0.2, 0) is 0 Å². The molecule has 1 heterocycles. The highest BCUT2D eigenvalue weighted by Crippen LogP contribution is 2.33. The number of rotatable bonds is 5. The van der Waals surface area contributed by atoms with Crippen molar-refractivity contribution in [2.45, 2.75) is 0 Å². The molecule has 0 aliphatic rings. The lowest BCUT2D eigenvalue weighted by molar-refractivity contribution is 0.397. The zero-order chi connectivity index (χ0) is 17.1. The maximum atomic E-state index is 9.21. The van der Waals surface area contributed by atoms with Crippen LogP contribution >= 0.6 is 8.38 Å². The van der Waals surface area contributed by atoms with Gasteiger partial charge in [-0.15, -0.1) is 0 Å². The van der Waals surface area contributed by atoms with Crippen molar-refractivity contribution in [2.75, 3.05) is 19.5 Å². The number of benzene rings is 2. The lowest BCUT2D eigenvalue weighted by atomic mass is 10.2. The first-order valence-corrected chi connectivity index (χ1v) is 8.29. The summed E-state index contributed by atoms with van der Waals surface area (Å²) in [5.74, 6) is 1.83. The molecule has 0 unspecified atom stereocenters. The van der Waals surface area contributed by atoms with Crippen LogP contribution in [-0.4, -0.2) is 34.0 Å². The summed E-state index contributed by atoms with van der Waals surface area (Å²) in [5, 5.41) is 4.43. The van der Waals surface area contributed by atoms with Gasteiger partial charge in [-0.05, 0) is 30.3 Å². The first-order chi connectivity index (χ1) is 11.6. The van der Waals surface area contributed by atoms with Crippen molar-refractivity contribution in [1.82, 2.24) is 9.97 Å². The number of fused-ring (bicyclic) bond motifs is 1. The molecule has 0 saturated heterocycles. The van der Waals surface area contributed by atoms with Crippen LogP contribution in [0.2, 0.25) is 0 Å². The first-order valence-electron chi connectivity index (χ1n) is 7.04. The highest BCUT2D eigenvalue weighted by Gasteiger charge is 2.12. The number of aromatic nitrogens is 2. The van der Waals surface area contributed by atoms with Gasteiger partial charge in [-0.1, -0.05) is 0 Å². The molecule has 0 amide bonds. The molecule has 24 heavy (non-hydrogen) atoms. The van der Waals surface area contributed by atoms with Crippen molar-refractivity contribution in [3.63, 3.8) is 0 Å². The molecule has 0 saturated carbocycles. The SMILES string of the molecule is COc1cc(OC)c2ncnc(Nc3ccc(P(O)O)cc3)c2c1. The van der Waals surface area contributed by atoms with E-state index in [4.69, 9.17) is 9.47 Å². The van der Waals surface area contributed by atoms with Crippen LogP contribution in [0.1, 0.15) is 0 Å². The topological polar surface area (TPSA) is 96.7 Å². The number of ether oxygens (including phenoxy) is 2. The lowest BCUT2D eigenvalue weighted by Gasteiger charge is -2.12. The third-order valence-electron chi connectivity index (χ3n) is 3.49. The van der Waals surface area contributed by atoms with Crippen LogP contribution in [0.3, 0.4) is 0 Å². The third-order valence-corrected chi connectivity index (χ3v) is 4.25. The molecule has 2 aromatic carbocycles. The van der Waals surface area contributed by atoms with Gasteiger partial charge in [0.25, 0.3) is 0 Å². The van der Waals surface area contributed by atoms with E-state index in [1.165, 1.54) is 6.33 Å². The van der Waals surface area contributed by atoms with Gasteiger partial charge in [0, 0.05) is 17.1 Å². The summed E-state index contributed by atoms with van der Waals surface area (Å²) >= 11 is 0. The first kappa shape index (κ1) is 16.4. The van der Waals surface area contributed by atoms with E-state index in [0.717, 1.165) is 11.1 Å². The van der Waals surface area contributed by atoms with Crippen LogP contribution in [0, 0.1) is 0 Å². The second kappa shape index (κ2) is 6.97. The van der Waals surface area contributed by atoms with Gasteiger partial charge >= 0.3 is 0 Å². The Labute approximate surface area is 139 Å². The Morgan fingerprint density at radius 3 is 2.38 bits per heavy atom. The molecular weight excluding hydrogens is 329 g/mol. The van der Waals surface area contributed by atoms with E-state index < -0.39 is 8.38 Å². The molecule has 8 heteroatoms. The van der Waals surface area contributed by atoms with Gasteiger partial charge in [-0.2, -0.15) is 0 Å². The highest BCUT2D eigenvalue weighted by atomic mass is 31.2. The Morgan fingerprint density at radius 2 is 1.75 bits per heavy atom. The maximum absolute atomic E-state index is 9.21. The molecule has 3 N–H and O–H groups in total. The zero-order valence-electron chi connectivity index (χ0n) is 13.1. The summed E-state index contributed by atoms with van der Waals surface area (Å²) < 4.78 is 10.7. The minimum atomic E-state index is -2.10. The van der Waals surface area contributed by atoms with Crippen molar-refractivity contribution in [2.24, 2.45) is 0 Å².